The molecule has 0 unspecified atom stereocenters. The summed E-state index contributed by atoms with van der Waals surface area (Å²) in [5.74, 6) is 0.376. The second-order valence-corrected chi connectivity index (χ2v) is 5.75. The molecule has 7 heteroatoms. The molecule has 1 amide bonds. The van der Waals surface area contributed by atoms with Crippen LogP contribution in [0.2, 0.25) is 0 Å². The normalized spacial score (nSPS) is 12.2. The number of amides is 1. The Kier molecular flexibility index (Phi) is 6.98. The Hall–Kier alpha value is -1.95. The number of nitrogens with one attached hydrogen (secondary N) is 1. The molecule has 0 heterocycles. The first kappa shape index (κ1) is 18.1. The Morgan fingerprint density at radius 2 is 1.86 bits per heavy atom. The van der Waals surface area contributed by atoms with Crippen molar-refractivity contribution in [3.8, 4) is 5.75 Å². The van der Waals surface area contributed by atoms with Crippen molar-refractivity contribution in [3.05, 3.63) is 30.3 Å². The summed E-state index contributed by atoms with van der Waals surface area (Å²) in [5, 5.41) is 2.48. The fraction of sp³-hybridized carbons (Fsp3) is 0.467. The van der Waals surface area contributed by atoms with Crippen LogP contribution >= 0.6 is 11.6 Å². The van der Waals surface area contributed by atoms with Gasteiger partial charge in [0, 0.05) is 0 Å². The molecule has 0 radical (unpaired) electrons. The molecule has 1 rings (SSSR count). The number of ether oxygens (including phenoxy) is 3. The summed E-state index contributed by atoms with van der Waals surface area (Å²) in [6.07, 6.45) is -2.21. The second-order valence-electron chi connectivity index (χ2n) is 5.44. The van der Waals surface area contributed by atoms with Gasteiger partial charge >= 0.3 is 12.2 Å². The predicted molar refractivity (Wildman–Crippen MR) is 82.3 cm³/mol. The van der Waals surface area contributed by atoms with Crippen LogP contribution in [0.3, 0.4) is 0 Å². The van der Waals surface area contributed by atoms with E-state index in [1.165, 1.54) is 0 Å². The molecule has 0 aliphatic rings. The highest BCUT2D eigenvalue weighted by atomic mass is 35.5. The van der Waals surface area contributed by atoms with E-state index in [-0.39, 0.29) is 12.4 Å². The number of carbonyl (C=O) groups excluding carboxylic acids is 2. The van der Waals surface area contributed by atoms with E-state index in [9.17, 15) is 9.59 Å². The first-order valence-corrected chi connectivity index (χ1v) is 7.30. The molecular weight excluding hydrogens is 310 g/mol. The highest BCUT2D eigenvalue weighted by molar-refractivity contribution is 6.18. The van der Waals surface area contributed by atoms with Gasteiger partial charge in [-0.05, 0) is 32.9 Å². The Balaban J connectivity index is 2.38. The Labute approximate surface area is 134 Å². The molecule has 1 aromatic carbocycles. The Morgan fingerprint density at radius 1 is 1.23 bits per heavy atom. The average molecular weight is 330 g/mol. The lowest BCUT2D eigenvalue weighted by Gasteiger charge is -2.21. The molecule has 1 atom stereocenters. The van der Waals surface area contributed by atoms with Crippen LogP contribution in [0.25, 0.3) is 0 Å². The number of rotatable bonds is 5. The highest BCUT2D eigenvalue weighted by Crippen LogP contribution is 2.10. The summed E-state index contributed by atoms with van der Waals surface area (Å²) in [6, 6.07) is 8.49. The van der Waals surface area contributed by atoms with Crippen molar-refractivity contribution in [2.75, 3.05) is 12.4 Å². The van der Waals surface area contributed by atoms with Crippen LogP contribution in [0.15, 0.2) is 30.3 Å². The smallest absolute Gasteiger partial charge is 0.444 e. The van der Waals surface area contributed by atoms with Crippen LogP contribution in [0.1, 0.15) is 20.8 Å². The summed E-state index contributed by atoms with van der Waals surface area (Å²) >= 11 is 5.71. The third-order valence-electron chi connectivity index (χ3n) is 2.25. The maximum atomic E-state index is 11.6. The van der Waals surface area contributed by atoms with Crippen molar-refractivity contribution < 1.29 is 23.8 Å². The fourth-order valence-corrected chi connectivity index (χ4v) is 1.56. The van der Waals surface area contributed by atoms with Gasteiger partial charge in [0.1, 0.15) is 17.5 Å². The van der Waals surface area contributed by atoms with Gasteiger partial charge in [-0.15, -0.1) is 11.6 Å². The molecule has 0 fully saturated rings. The topological polar surface area (TPSA) is 73.9 Å². The first-order chi connectivity index (χ1) is 10.3. The van der Waals surface area contributed by atoms with E-state index in [0.29, 0.717) is 5.75 Å². The van der Waals surface area contributed by atoms with Gasteiger partial charge in [0.15, 0.2) is 0 Å². The molecule has 0 saturated carbocycles. The number of halogens is 1. The SMILES string of the molecule is CC(C)(C)OC(=O)NC[C@@H](CCl)OC(=O)Oc1ccccc1. The first-order valence-electron chi connectivity index (χ1n) is 6.76. The van der Waals surface area contributed by atoms with E-state index >= 15 is 0 Å². The van der Waals surface area contributed by atoms with Gasteiger partial charge in [0.2, 0.25) is 0 Å². The summed E-state index contributed by atoms with van der Waals surface area (Å²) in [6.45, 7) is 5.28. The maximum Gasteiger partial charge on any atom is 0.514 e. The van der Waals surface area contributed by atoms with E-state index in [2.05, 4.69) is 5.32 Å². The minimum atomic E-state index is -0.886. The van der Waals surface area contributed by atoms with Crippen molar-refractivity contribution in [2.24, 2.45) is 0 Å². The van der Waals surface area contributed by atoms with Crippen molar-refractivity contribution >= 4 is 23.8 Å². The lowest BCUT2D eigenvalue weighted by atomic mass is 10.2. The van der Waals surface area contributed by atoms with E-state index in [1.807, 2.05) is 0 Å². The monoisotopic (exact) mass is 329 g/mol. The zero-order chi connectivity index (χ0) is 16.6. The van der Waals surface area contributed by atoms with Crippen LogP contribution < -0.4 is 10.1 Å². The van der Waals surface area contributed by atoms with Gasteiger partial charge in [-0.25, -0.2) is 9.59 Å². The van der Waals surface area contributed by atoms with E-state index < -0.39 is 24.0 Å². The Bertz CT molecular complexity index is 486. The maximum absolute atomic E-state index is 11.6. The third-order valence-corrected chi connectivity index (χ3v) is 2.60. The molecular formula is C15H20ClNO5. The molecule has 0 spiro atoms. The van der Waals surface area contributed by atoms with Crippen molar-refractivity contribution in [1.82, 2.24) is 5.32 Å². The van der Waals surface area contributed by atoms with Crippen LogP contribution in [0.5, 0.6) is 5.75 Å². The number of hydrogen-bond donors (Lipinski definition) is 1. The van der Waals surface area contributed by atoms with Gasteiger partial charge in [-0.2, -0.15) is 0 Å². The standard InChI is InChI=1S/C15H20ClNO5/c1-15(2,3)22-13(18)17-10-12(9-16)21-14(19)20-11-7-5-4-6-8-11/h4-8,12H,9-10H2,1-3H3,(H,17,18)/t12-/m1/s1. The molecule has 0 aromatic heterocycles. The van der Waals surface area contributed by atoms with Gasteiger partial charge in [0.05, 0.1) is 12.4 Å². The third kappa shape index (κ3) is 7.73. The number of alkyl halides is 1. The second kappa shape index (κ2) is 8.48. The lowest BCUT2D eigenvalue weighted by molar-refractivity contribution is 0.0430. The van der Waals surface area contributed by atoms with E-state index in [4.69, 9.17) is 25.8 Å². The summed E-state index contributed by atoms with van der Waals surface area (Å²) in [7, 11) is 0. The van der Waals surface area contributed by atoms with Crippen molar-refractivity contribution in [3.63, 3.8) is 0 Å². The average Bonchev–Trinajstić information content (AvgIpc) is 2.42. The number of hydrogen-bond acceptors (Lipinski definition) is 5. The zero-order valence-electron chi connectivity index (χ0n) is 12.8. The highest BCUT2D eigenvalue weighted by Gasteiger charge is 2.19. The molecule has 122 valence electrons. The van der Waals surface area contributed by atoms with Gasteiger partial charge in [0.25, 0.3) is 0 Å². The van der Waals surface area contributed by atoms with E-state index in [1.54, 1.807) is 51.1 Å². The minimum absolute atomic E-state index is 0.0136. The number of carbonyl (C=O) groups is 2. The predicted octanol–water partition coefficient (Wildman–Crippen LogP) is 3.33. The molecule has 1 N–H and O–H groups in total. The largest absolute Gasteiger partial charge is 0.514 e. The minimum Gasteiger partial charge on any atom is -0.444 e. The van der Waals surface area contributed by atoms with E-state index in [0.717, 1.165) is 0 Å². The van der Waals surface area contributed by atoms with Crippen LogP contribution in [-0.2, 0) is 9.47 Å². The number of benzene rings is 1. The van der Waals surface area contributed by atoms with Gasteiger partial charge < -0.3 is 19.5 Å². The van der Waals surface area contributed by atoms with Crippen LogP contribution in [0, 0.1) is 0 Å². The summed E-state index contributed by atoms with van der Waals surface area (Å²) in [5.41, 5.74) is -0.604. The quantitative estimate of drug-likeness (QED) is 0.509. The van der Waals surface area contributed by atoms with Crippen molar-refractivity contribution in [2.45, 2.75) is 32.5 Å². The number of alkyl carbamates (subject to hydrolysis) is 1. The molecule has 0 aliphatic carbocycles. The number of para-hydroxylation sites is 1. The zero-order valence-corrected chi connectivity index (χ0v) is 13.6. The molecule has 1 aromatic rings. The summed E-state index contributed by atoms with van der Waals surface area (Å²) in [4.78, 5) is 23.1. The van der Waals surface area contributed by atoms with Crippen LogP contribution in [0.4, 0.5) is 9.59 Å². The van der Waals surface area contributed by atoms with Gasteiger partial charge in [-0.1, -0.05) is 18.2 Å². The lowest BCUT2D eigenvalue weighted by Crippen LogP contribution is -2.39. The summed E-state index contributed by atoms with van der Waals surface area (Å²) < 4.78 is 15.1. The van der Waals surface area contributed by atoms with Gasteiger partial charge in [-0.3, -0.25) is 0 Å². The molecule has 0 saturated heterocycles. The molecule has 22 heavy (non-hydrogen) atoms. The van der Waals surface area contributed by atoms with Crippen molar-refractivity contribution in [1.29, 1.82) is 0 Å². The fourth-order valence-electron chi connectivity index (χ4n) is 1.38. The molecule has 0 aliphatic heterocycles. The molecule has 0 bridgehead atoms. The Morgan fingerprint density at radius 3 is 2.41 bits per heavy atom. The van der Waals surface area contributed by atoms with Crippen LogP contribution in [-0.4, -0.2) is 36.4 Å². The molecule has 6 nitrogen and oxygen atoms in total.